The van der Waals surface area contributed by atoms with Crippen molar-refractivity contribution in [1.82, 2.24) is 4.90 Å². The third kappa shape index (κ3) is 19.8. The quantitative estimate of drug-likeness (QED) is 0.206. The molecule has 0 aromatic heterocycles. The van der Waals surface area contributed by atoms with Crippen LogP contribution in [0.25, 0.3) is 0 Å². The van der Waals surface area contributed by atoms with Gasteiger partial charge < -0.3 is 10.0 Å². The maximum Gasteiger partial charge on any atom is 0.0639 e. The molecule has 0 saturated heterocycles. The Kier molecular flexibility index (Phi) is 19.7. The fraction of sp³-hybridized carbons (Fsp3) is 0.913. The van der Waals surface area contributed by atoms with Crippen LogP contribution in [0.4, 0.5) is 0 Å². The minimum atomic E-state index is -0.200. The number of nitrogens with zero attached hydrogens (tertiary/aromatic N) is 1. The minimum absolute atomic E-state index is 0.200. The lowest BCUT2D eigenvalue weighted by atomic mass is 10.1. The maximum absolute atomic E-state index is 9.44. The molecule has 2 nitrogen and oxygen atoms in total. The number of hydrogen-bond donors (Lipinski definition) is 1. The third-order valence-electron chi connectivity index (χ3n) is 4.96. The van der Waals surface area contributed by atoms with E-state index >= 15 is 0 Å². The fourth-order valence-electron chi connectivity index (χ4n) is 3.34. The molecule has 1 unspecified atom stereocenters. The van der Waals surface area contributed by atoms with Gasteiger partial charge in [0.25, 0.3) is 0 Å². The molecule has 0 spiro atoms. The summed E-state index contributed by atoms with van der Waals surface area (Å²) in [5.74, 6) is 0. The average molecular weight is 354 g/mol. The summed E-state index contributed by atoms with van der Waals surface area (Å²) < 4.78 is 0. The lowest BCUT2D eigenvalue weighted by Gasteiger charge is -2.21. The molecule has 0 aromatic carbocycles. The SMILES string of the molecule is CCCCCCCC/C=C\CCCCCCCCN(CC)CC(C)O. The van der Waals surface area contributed by atoms with Gasteiger partial charge in [-0.1, -0.05) is 83.8 Å². The number of hydrogen-bond acceptors (Lipinski definition) is 2. The molecule has 0 aromatic rings. The molecular formula is C23H47NO. The van der Waals surface area contributed by atoms with Gasteiger partial charge >= 0.3 is 0 Å². The molecule has 0 aliphatic rings. The first kappa shape index (κ1) is 24.7. The fourth-order valence-corrected chi connectivity index (χ4v) is 3.34. The van der Waals surface area contributed by atoms with Crippen molar-refractivity contribution in [2.45, 2.75) is 117 Å². The molecule has 1 N–H and O–H groups in total. The van der Waals surface area contributed by atoms with Crippen molar-refractivity contribution >= 4 is 0 Å². The zero-order chi connectivity index (χ0) is 18.6. The Morgan fingerprint density at radius 1 is 0.720 bits per heavy atom. The van der Waals surface area contributed by atoms with Crippen LogP contribution in [0.5, 0.6) is 0 Å². The van der Waals surface area contributed by atoms with E-state index in [1.54, 1.807) is 0 Å². The normalized spacial score (nSPS) is 13.2. The molecule has 2 heteroatoms. The molecule has 1 atom stereocenters. The summed E-state index contributed by atoms with van der Waals surface area (Å²) >= 11 is 0. The van der Waals surface area contributed by atoms with E-state index in [9.17, 15) is 5.11 Å². The van der Waals surface area contributed by atoms with Gasteiger partial charge in [-0.05, 0) is 52.1 Å². The molecular weight excluding hydrogens is 306 g/mol. The molecule has 0 heterocycles. The number of likely N-dealkylation sites (N-methyl/N-ethyl adjacent to an activating group) is 1. The summed E-state index contributed by atoms with van der Waals surface area (Å²) in [6.07, 6.45) is 23.7. The number of aliphatic hydroxyl groups is 1. The van der Waals surface area contributed by atoms with Gasteiger partial charge in [-0.3, -0.25) is 0 Å². The topological polar surface area (TPSA) is 23.5 Å². The van der Waals surface area contributed by atoms with Crippen LogP contribution in [0.15, 0.2) is 12.2 Å². The summed E-state index contributed by atoms with van der Waals surface area (Å²) in [6.45, 7) is 9.36. The van der Waals surface area contributed by atoms with Crippen molar-refractivity contribution < 1.29 is 5.11 Å². The van der Waals surface area contributed by atoms with E-state index in [-0.39, 0.29) is 6.10 Å². The van der Waals surface area contributed by atoms with E-state index in [1.807, 2.05) is 6.92 Å². The van der Waals surface area contributed by atoms with Crippen molar-refractivity contribution in [2.24, 2.45) is 0 Å². The standard InChI is InChI=1S/C23H47NO/c1-4-6-7-8-9-10-11-12-13-14-15-16-17-18-19-20-21-24(5-2)22-23(3)25/h12-13,23,25H,4-11,14-22H2,1-3H3/b13-12-. The van der Waals surface area contributed by atoms with Gasteiger partial charge in [0.15, 0.2) is 0 Å². The molecule has 0 radical (unpaired) electrons. The van der Waals surface area contributed by atoms with Crippen LogP contribution in [0.3, 0.4) is 0 Å². The summed E-state index contributed by atoms with van der Waals surface area (Å²) in [7, 11) is 0. The number of unbranched alkanes of at least 4 members (excludes halogenated alkanes) is 12. The van der Waals surface area contributed by atoms with Gasteiger partial charge in [-0.2, -0.15) is 0 Å². The maximum atomic E-state index is 9.44. The first-order chi connectivity index (χ1) is 12.2. The molecule has 0 bridgehead atoms. The van der Waals surface area contributed by atoms with Gasteiger partial charge in [0, 0.05) is 6.54 Å². The molecule has 0 rings (SSSR count). The van der Waals surface area contributed by atoms with Crippen LogP contribution < -0.4 is 0 Å². The second-order valence-corrected chi connectivity index (χ2v) is 7.68. The highest BCUT2D eigenvalue weighted by molar-refractivity contribution is 4.81. The van der Waals surface area contributed by atoms with Gasteiger partial charge in [0.1, 0.15) is 0 Å². The number of rotatable bonds is 19. The first-order valence-electron chi connectivity index (χ1n) is 11.3. The van der Waals surface area contributed by atoms with E-state index in [2.05, 4.69) is 30.9 Å². The van der Waals surface area contributed by atoms with E-state index in [0.717, 1.165) is 19.6 Å². The van der Waals surface area contributed by atoms with Crippen LogP contribution in [0.1, 0.15) is 111 Å². The Bertz CT molecular complexity index is 275. The zero-order valence-corrected chi connectivity index (χ0v) is 17.6. The average Bonchev–Trinajstić information content (AvgIpc) is 2.60. The van der Waals surface area contributed by atoms with E-state index < -0.39 is 0 Å². The first-order valence-corrected chi connectivity index (χ1v) is 11.3. The Labute approximate surface area is 159 Å². The Morgan fingerprint density at radius 3 is 1.68 bits per heavy atom. The zero-order valence-electron chi connectivity index (χ0n) is 17.6. The van der Waals surface area contributed by atoms with E-state index in [1.165, 1.54) is 89.9 Å². The van der Waals surface area contributed by atoms with Crippen LogP contribution >= 0.6 is 0 Å². The summed E-state index contributed by atoms with van der Waals surface area (Å²) in [5, 5.41) is 9.44. The largest absolute Gasteiger partial charge is 0.392 e. The molecule has 0 amide bonds. The Morgan fingerprint density at radius 2 is 1.20 bits per heavy atom. The van der Waals surface area contributed by atoms with Gasteiger partial charge in [0.05, 0.1) is 6.10 Å². The minimum Gasteiger partial charge on any atom is -0.392 e. The van der Waals surface area contributed by atoms with Crippen molar-refractivity contribution in [3.63, 3.8) is 0 Å². The lowest BCUT2D eigenvalue weighted by Crippen LogP contribution is -2.31. The number of allylic oxidation sites excluding steroid dienone is 2. The molecule has 150 valence electrons. The second-order valence-electron chi connectivity index (χ2n) is 7.68. The molecule has 25 heavy (non-hydrogen) atoms. The smallest absolute Gasteiger partial charge is 0.0639 e. The Hall–Kier alpha value is -0.340. The van der Waals surface area contributed by atoms with Crippen molar-refractivity contribution in [2.75, 3.05) is 19.6 Å². The highest BCUT2D eigenvalue weighted by Gasteiger charge is 2.05. The molecule has 0 aliphatic heterocycles. The Balaban J connectivity index is 3.24. The van der Waals surface area contributed by atoms with Crippen LogP contribution in [0.2, 0.25) is 0 Å². The van der Waals surface area contributed by atoms with Crippen LogP contribution in [-0.2, 0) is 0 Å². The lowest BCUT2D eigenvalue weighted by molar-refractivity contribution is 0.128. The van der Waals surface area contributed by atoms with Crippen molar-refractivity contribution in [3.8, 4) is 0 Å². The third-order valence-corrected chi connectivity index (χ3v) is 4.96. The predicted molar refractivity (Wildman–Crippen MR) is 113 cm³/mol. The molecule has 0 fully saturated rings. The summed E-state index contributed by atoms with van der Waals surface area (Å²) in [5.41, 5.74) is 0. The van der Waals surface area contributed by atoms with E-state index in [4.69, 9.17) is 0 Å². The van der Waals surface area contributed by atoms with Gasteiger partial charge in [-0.25, -0.2) is 0 Å². The van der Waals surface area contributed by atoms with Crippen molar-refractivity contribution in [1.29, 1.82) is 0 Å². The molecule has 0 aliphatic carbocycles. The predicted octanol–water partition coefficient (Wildman–Crippen LogP) is 6.73. The monoisotopic (exact) mass is 353 g/mol. The van der Waals surface area contributed by atoms with Crippen molar-refractivity contribution in [3.05, 3.63) is 12.2 Å². The summed E-state index contributed by atoms with van der Waals surface area (Å²) in [6, 6.07) is 0. The van der Waals surface area contributed by atoms with Crippen LogP contribution in [0, 0.1) is 0 Å². The summed E-state index contributed by atoms with van der Waals surface area (Å²) in [4.78, 5) is 2.36. The second kappa shape index (κ2) is 20.0. The highest BCUT2D eigenvalue weighted by Crippen LogP contribution is 2.10. The number of aliphatic hydroxyl groups excluding tert-OH is 1. The highest BCUT2D eigenvalue weighted by atomic mass is 16.3. The van der Waals surface area contributed by atoms with Gasteiger partial charge in [0.2, 0.25) is 0 Å². The molecule has 0 saturated carbocycles. The van der Waals surface area contributed by atoms with E-state index in [0.29, 0.717) is 0 Å². The van der Waals surface area contributed by atoms with Gasteiger partial charge in [-0.15, -0.1) is 0 Å². The van der Waals surface area contributed by atoms with Crippen LogP contribution in [-0.4, -0.2) is 35.7 Å².